The summed E-state index contributed by atoms with van der Waals surface area (Å²) >= 11 is 5.68. The van der Waals surface area contributed by atoms with E-state index in [-0.39, 0.29) is 5.02 Å². The van der Waals surface area contributed by atoms with Crippen LogP contribution in [0.25, 0.3) is 0 Å². The van der Waals surface area contributed by atoms with Crippen LogP contribution in [0, 0.1) is 12.7 Å². The van der Waals surface area contributed by atoms with Crippen LogP contribution >= 0.6 is 11.6 Å². The lowest BCUT2D eigenvalue weighted by atomic mass is 9.86. The number of aryl methyl sites for hydroxylation is 1. The fourth-order valence-corrected chi connectivity index (χ4v) is 2.29. The minimum atomic E-state index is -0.535. The Hall–Kier alpha value is -1.38. The zero-order valence-corrected chi connectivity index (χ0v) is 11.8. The Balaban J connectivity index is 2.27. The Morgan fingerprint density at radius 2 is 1.95 bits per heavy atom. The van der Waals surface area contributed by atoms with Crippen molar-refractivity contribution in [3.63, 3.8) is 0 Å². The first-order valence-electron chi connectivity index (χ1n) is 6.18. The lowest BCUT2D eigenvalue weighted by Gasteiger charge is -2.26. The molecule has 0 aliphatic rings. The van der Waals surface area contributed by atoms with Crippen LogP contribution < -0.4 is 5.73 Å². The van der Waals surface area contributed by atoms with Gasteiger partial charge in [0.25, 0.3) is 0 Å². The zero-order valence-electron chi connectivity index (χ0n) is 11.1. The van der Waals surface area contributed by atoms with Gasteiger partial charge in [0.2, 0.25) is 0 Å². The molecule has 3 heteroatoms. The van der Waals surface area contributed by atoms with Gasteiger partial charge in [0.1, 0.15) is 5.82 Å². The van der Waals surface area contributed by atoms with E-state index in [2.05, 4.69) is 6.07 Å². The first-order valence-corrected chi connectivity index (χ1v) is 6.56. The normalized spacial score (nSPS) is 14.2. The SMILES string of the molecule is Cc1cccc(C(C)(N)Cc2ccc(Cl)c(F)c2)c1. The number of hydrogen-bond donors (Lipinski definition) is 1. The van der Waals surface area contributed by atoms with E-state index in [1.54, 1.807) is 6.07 Å². The van der Waals surface area contributed by atoms with Crippen molar-refractivity contribution in [1.82, 2.24) is 0 Å². The van der Waals surface area contributed by atoms with Crippen molar-refractivity contribution in [3.05, 3.63) is 70.0 Å². The fourth-order valence-electron chi connectivity index (χ4n) is 2.18. The molecule has 1 unspecified atom stereocenters. The molecule has 0 saturated carbocycles. The minimum absolute atomic E-state index is 0.137. The van der Waals surface area contributed by atoms with Crippen molar-refractivity contribution in [2.45, 2.75) is 25.8 Å². The highest BCUT2D eigenvalue weighted by Gasteiger charge is 2.22. The summed E-state index contributed by atoms with van der Waals surface area (Å²) in [4.78, 5) is 0. The van der Waals surface area contributed by atoms with Crippen molar-refractivity contribution in [3.8, 4) is 0 Å². The largest absolute Gasteiger partial charge is 0.321 e. The molecular formula is C16H17ClFN. The van der Waals surface area contributed by atoms with Gasteiger partial charge in [-0.2, -0.15) is 0 Å². The molecule has 2 rings (SSSR count). The molecule has 2 aromatic carbocycles. The smallest absolute Gasteiger partial charge is 0.142 e. The minimum Gasteiger partial charge on any atom is -0.321 e. The Morgan fingerprint density at radius 1 is 1.21 bits per heavy atom. The maximum absolute atomic E-state index is 13.4. The standard InChI is InChI=1S/C16H17ClFN/c1-11-4-3-5-13(8-11)16(2,19)10-12-6-7-14(17)15(18)9-12/h3-9H,10,19H2,1-2H3. The van der Waals surface area contributed by atoms with Gasteiger partial charge in [0.05, 0.1) is 5.02 Å². The summed E-state index contributed by atoms with van der Waals surface area (Å²) in [6.07, 6.45) is 0.560. The third-order valence-electron chi connectivity index (χ3n) is 3.23. The van der Waals surface area contributed by atoms with Crippen LogP contribution in [0.15, 0.2) is 42.5 Å². The molecule has 1 nitrogen and oxygen atoms in total. The van der Waals surface area contributed by atoms with Crippen molar-refractivity contribution in [1.29, 1.82) is 0 Å². The molecule has 19 heavy (non-hydrogen) atoms. The Morgan fingerprint density at radius 3 is 2.58 bits per heavy atom. The van der Waals surface area contributed by atoms with E-state index < -0.39 is 11.4 Å². The van der Waals surface area contributed by atoms with Gasteiger partial charge in [-0.05, 0) is 43.5 Å². The van der Waals surface area contributed by atoms with Crippen LogP contribution in [0.1, 0.15) is 23.6 Å². The van der Waals surface area contributed by atoms with Gasteiger partial charge in [0, 0.05) is 5.54 Å². The molecule has 0 amide bonds. The fraction of sp³-hybridized carbons (Fsp3) is 0.250. The average molecular weight is 278 g/mol. The molecule has 0 bridgehead atoms. The molecule has 0 aliphatic heterocycles. The van der Waals surface area contributed by atoms with Crippen LogP contribution in [-0.2, 0) is 12.0 Å². The molecular weight excluding hydrogens is 261 g/mol. The van der Waals surface area contributed by atoms with E-state index in [0.29, 0.717) is 6.42 Å². The van der Waals surface area contributed by atoms with E-state index in [1.165, 1.54) is 6.07 Å². The number of rotatable bonds is 3. The van der Waals surface area contributed by atoms with Crippen LogP contribution in [0.4, 0.5) is 4.39 Å². The molecule has 2 aromatic rings. The summed E-state index contributed by atoms with van der Waals surface area (Å²) in [7, 11) is 0. The predicted molar refractivity (Wildman–Crippen MR) is 77.8 cm³/mol. The van der Waals surface area contributed by atoms with Crippen LogP contribution in [0.2, 0.25) is 5.02 Å². The molecule has 1 atom stereocenters. The van der Waals surface area contributed by atoms with Gasteiger partial charge in [-0.15, -0.1) is 0 Å². The summed E-state index contributed by atoms with van der Waals surface area (Å²) in [5.74, 6) is -0.404. The van der Waals surface area contributed by atoms with Crippen molar-refractivity contribution >= 4 is 11.6 Å². The highest BCUT2D eigenvalue weighted by molar-refractivity contribution is 6.30. The van der Waals surface area contributed by atoms with Crippen molar-refractivity contribution < 1.29 is 4.39 Å². The molecule has 0 heterocycles. The predicted octanol–water partition coefficient (Wildman–Crippen LogP) is 4.20. The van der Waals surface area contributed by atoms with E-state index in [9.17, 15) is 4.39 Å². The van der Waals surface area contributed by atoms with Crippen molar-refractivity contribution in [2.75, 3.05) is 0 Å². The van der Waals surface area contributed by atoms with Gasteiger partial charge in [-0.25, -0.2) is 4.39 Å². The first kappa shape index (κ1) is 14.0. The summed E-state index contributed by atoms with van der Waals surface area (Å²) in [5.41, 5.74) is 8.89. The maximum atomic E-state index is 13.4. The van der Waals surface area contributed by atoms with Crippen molar-refractivity contribution in [2.24, 2.45) is 5.73 Å². The molecule has 100 valence electrons. The third-order valence-corrected chi connectivity index (χ3v) is 3.54. The molecule has 0 spiro atoms. The van der Waals surface area contributed by atoms with Gasteiger partial charge < -0.3 is 5.73 Å². The second kappa shape index (κ2) is 5.32. The summed E-state index contributed by atoms with van der Waals surface area (Å²) < 4.78 is 13.4. The average Bonchev–Trinajstić information content (AvgIpc) is 2.33. The number of hydrogen-bond acceptors (Lipinski definition) is 1. The molecule has 2 N–H and O–H groups in total. The summed E-state index contributed by atoms with van der Waals surface area (Å²) in [6, 6.07) is 12.9. The van der Waals surface area contributed by atoms with Crippen LogP contribution in [0.5, 0.6) is 0 Å². The molecule has 0 fully saturated rings. The summed E-state index contributed by atoms with van der Waals surface area (Å²) in [6.45, 7) is 3.98. The second-order valence-electron chi connectivity index (χ2n) is 5.21. The highest BCUT2D eigenvalue weighted by atomic mass is 35.5. The maximum Gasteiger partial charge on any atom is 0.142 e. The zero-order chi connectivity index (χ0) is 14.0. The molecule has 0 radical (unpaired) electrons. The lowest BCUT2D eigenvalue weighted by molar-refractivity contribution is 0.489. The van der Waals surface area contributed by atoms with Gasteiger partial charge >= 0.3 is 0 Å². The monoisotopic (exact) mass is 277 g/mol. The van der Waals surface area contributed by atoms with E-state index in [4.69, 9.17) is 17.3 Å². The van der Waals surface area contributed by atoms with Gasteiger partial charge in [-0.1, -0.05) is 47.5 Å². The lowest BCUT2D eigenvalue weighted by Crippen LogP contribution is -2.35. The molecule has 0 aliphatic carbocycles. The quantitative estimate of drug-likeness (QED) is 0.894. The van der Waals surface area contributed by atoms with Crippen LogP contribution in [-0.4, -0.2) is 0 Å². The Kier molecular flexibility index (Phi) is 3.93. The first-order chi connectivity index (χ1) is 8.88. The number of nitrogens with two attached hydrogens (primary N) is 1. The topological polar surface area (TPSA) is 26.0 Å². The van der Waals surface area contributed by atoms with Gasteiger partial charge in [-0.3, -0.25) is 0 Å². The number of benzene rings is 2. The van der Waals surface area contributed by atoms with Crippen LogP contribution in [0.3, 0.4) is 0 Å². The number of halogens is 2. The van der Waals surface area contributed by atoms with E-state index in [1.807, 2.05) is 38.1 Å². The van der Waals surface area contributed by atoms with Gasteiger partial charge in [0.15, 0.2) is 0 Å². The molecule has 0 saturated heterocycles. The summed E-state index contributed by atoms with van der Waals surface area (Å²) in [5, 5.41) is 0.137. The van der Waals surface area contributed by atoms with E-state index >= 15 is 0 Å². The molecule has 0 aromatic heterocycles. The van der Waals surface area contributed by atoms with E-state index in [0.717, 1.165) is 16.7 Å². The Bertz CT molecular complexity index is 593. The second-order valence-corrected chi connectivity index (χ2v) is 5.62. The highest BCUT2D eigenvalue weighted by Crippen LogP contribution is 2.25. The Labute approximate surface area is 118 Å². The third kappa shape index (κ3) is 3.34.